The number of thioether (sulfide) groups is 1. The summed E-state index contributed by atoms with van der Waals surface area (Å²) in [4.78, 5) is 11.2. The number of halogens is 1. The molecule has 2 aromatic carbocycles. The number of hydrogen-bond donors (Lipinski definition) is 0. The Morgan fingerprint density at radius 2 is 1.77 bits per heavy atom. The van der Waals surface area contributed by atoms with Gasteiger partial charge in [-0.05, 0) is 40.2 Å². The number of rotatable bonds is 6. The first-order valence-corrected chi connectivity index (χ1v) is 8.10. The van der Waals surface area contributed by atoms with E-state index >= 15 is 0 Å². The number of methoxy groups -OCH3 is 2. The Morgan fingerprint density at radius 1 is 1.14 bits per heavy atom. The summed E-state index contributed by atoms with van der Waals surface area (Å²) in [6.45, 7) is 0. The van der Waals surface area contributed by atoms with Crippen molar-refractivity contribution in [1.82, 2.24) is 0 Å². The van der Waals surface area contributed by atoms with Crippen LogP contribution in [0.2, 0.25) is 0 Å². The zero-order valence-electron chi connectivity index (χ0n) is 12.0. The van der Waals surface area contributed by atoms with Gasteiger partial charge in [0.05, 0.1) is 23.6 Å². The SMILES string of the molecule is COc1cc(CSc2ccc([N+](=O)[O-])cc2)c(OC)cc1Br. The number of nitro groups is 1. The number of ether oxygens (including phenoxy) is 2. The van der Waals surface area contributed by atoms with E-state index in [1.807, 2.05) is 12.1 Å². The second kappa shape index (κ2) is 7.51. The van der Waals surface area contributed by atoms with Gasteiger partial charge >= 0.3 is 0 Å². The van der Waals surface area contributed by atoms with Crippen LogP contribution in [0.5, 0.6) is 11.5 Å². The molecular formula is C15H14BrNO4S. The van der Waals surface area contributed by atoms with E-state index in [1.165, 1.54) is 12.1 Å². The molecule has 0 unspecified atom stereocenters. The third-order valence-corrected chi connectivity index (χ3v) is 4.68. The molecule has 2 aromatic rings. The van der Waals surface area contributed by atoms with Crippen LogP contribution in [0.15, 0.2) is 45.8 Å². The molecule has 0 saturated heterocycles. The number of hydrogen-bond acceptors (Lipinski definition) is 5. The molecule has 0 fully saturated rings. The summed E-state index contributed by atoms with van der Waals surface area (Å²) in [6.07, 6.45) is 0. The van der Waals surface area contributed by atoms with E-state index in [0.717, 1.165) is 26.4 Å². The largest absolute Gasteiger partial charge is 0.496 e. The van der Waals surface area contributed by atoms with Crippen molar-refractivity contribution in [3.8, 4) is 11.5 Å². The van der Waals surface area contributed by atoms with Crippen molar-refractivity contribution >= 4 is 33.4 Å². The van der Waals surface area contributed by atoms with Crippen LogP contribution in [-0.4, -0.2) is 19.1 Å². The molecule has 0 aliphatic heterocycles. The highest BCUT2D eigenvalue weighted by molar-refractivity contribution is 9.10. The van der Waals surface area contributed by atoms with Crippen LogP contribution in [0.25, 0.3) is 0 Å². The molecule has 22 heavy (non-hydrogen) atoms. The van der Waals surface area contributed by atoms with Gasteiger partial charge in [-0.3, -0.25) is 10.1 Å². The Hall–Kier alpha value is -1.73. The first-order valence-electron chi connectivity index (χ1n) is 6.32. The van der Waals surface area contributed by atoms with Crippen LogP contribution in [0.3, 0.4) is 0 Å². The van der Waals surface area contributed by atoms with Gasteiger partial charge in [0.2, 0.25) is 0 Å². The lowest BCUT2D eigenvalue weighted by Crippen LogP contribution is -1.94. The van der Waals surface area contributed by atoms with Crippen molar-refractivity contribution in [2.45, 2.75) is 10.6 Å². The molecule has 0 N–H and O–H groups in total. The van der Waals surface area contributed by atoms with Gasteiger partial charge in [-0.1, -0.05) is 0 Å². The minimum absolute atomic E-state index is 0.0900. The molecule has 0 bridgehead atoms. The van der Waals surface area contributed by atoms with Crippen molar-refractivity contribution in [3.63, 3.8) is 0 Å². The van der Waals surface area contributed by atoms with Crippen LogP contribution in [-0.2, 0) is 5.75 Å². The van der Waals surface area contributed by atoms with Gasteiger partial charge in [0.25, 0.3) is 5.69 Å². The van der Waals surface area contributed by atoms with Crippen LogP contribution >= 0.6 is 27.7 Å². The molecule has 0 amide bonds. The van der Waals surface area contributed by atoms with Gasteiger partial charge in [-0.15, -0.1) is 11.8 Å². The van der Waals surface area contributed by atoms with E-state index in [-0.39, 0.29) is 5.69 Å². The van der Waals surface area contributed by atoms with Crippen molar-refractivity contribution in [1.29, 1.82) is 0 Å². The summed E-state index contributed by atoms with van der Waals surface area (Å²) >= 11 is 5.00. The number of nitro benzene ring substituents is 1. The molecule has 5 nitrogen and oxygen atoms in total. The van der Waals surface area contributed by atoms with Crippen LogP contribution in [0.4, 0.5) is 5.69 Å². The molecule has 0 radical (unpaired) electrons. The van der Waals surface area contributed by atoms with Gasteiger partial charge < -0.3 is 9.47 Å². The fourth-order valence-electron chi connectivity index (χ4n) is 1.86. The fourth-order valence-corrected chi connectivity index (χ4v) is 3.22. The molecule has 0 spiro atoms. The fraction of sp³-hybridized carbons (Fsp3) is 0.200. The maximum atomic E-state index is 10.6. The molecule has 0 aromatic heterocycles. The van der Waals surface area contributed by atoms with E-state index in [4.69, 9.17) is 9.47 Å². The molecule has 0 heterocycles. The summed E-state index contributed by atoms with van der Waals surface area (Å²) in [5, 5.41) is 10.6. The molecule has 0 atom stereocenters. The third-order valence-electron chi connectivity index (χ3n) is 3.00. The Balaban J connectivity index is 2.15. The van der Waals surface area contributed by atoms with Crippen molar-refractivity contribution in [2.75, 3.05) is 14.2 Å². The summed E-state index contributed by atoms with van der Waals surface area (Å²) in [5.41, 5.74) is 1.08. The van der Waals surface area contributed by atoms with Crippen LogP contribution < -0.4 is 9.47 Å². The lowest BCUT2D eigenvalue weighted by molar-refractivity contribution is -0.384. The maximum Gasteiger partial charge on any atom is 0.269 e. The Bertz CT molecular complexity index is 676. The van der Waals surface area contributed by atoms with Crippen molar-refractivity contribution in [3.05, 3.63) is 56.5 Å². The van der Waals surface area contributed by atoms with Gasteiger partial charge in [0.1, 0.15) is 11.5 Å². The average molecular weight is 384 g/mol. The van der Waals surface area contributed by atoms with E-state index in [0.29, 0.717) is 5.75 Å². The second-order valence-electron chi connectivity index (χ2n) is 4.34. The van der Waals surface area contributed by atoms with E-state index in [9.17, 15) is 10.1 Å². The minimum atomic E-state index is -0.406. The van der Waals surface area contributed by atoms with Crippen molar-refractivity contribution < 1.29 is 14.4 Å². The van der Waals surface area contributed by atoms with Crippen molar-refractivity contribution in [2.24, 2.45) is 0 Å². The number of benzene rings is 2. The van der Waals surface area contributed by atoms with Gasteiger partial charge in [-0.25, -0.2) is 0 Å². The zero-order valence-corrected chi connectivity index (χ0v) is 14.4. The summed E-state index contributed by atoms with van der Waals surface area (Å²) in [6, 6.07) is 10.3. The standard InChI is InChI=1S/C15H14BrNO4S/c1-20-14-8-13(16)15(21-2)7-10(14)9-22-12-5-3-11(4-6-12)17(18)19/h3-8H,9H2,1-2H3. The second-order valence-corrected chi connectivity index (χ2v) is 6.24. The van der Waals surface area contributed by atoms with Crippen LogP contribution in [0, 0.1) is 10.1 Å². The smallest absolute Gasteiger partial charge is 0.269 e. The molecule has 2 rings (SSSR count). The van der Waals surface area contributed by atoms with Gasteiger partial charge in [-0.2, -0.15) is 0 Å². The first-order chi connectivity index (χ1) is 10.5. The molecule has 0 aliphatic carbocycles. The van der Waals surface area contributed by atoms with E-state index in [2.05, 4.69) is 15.9 Å². The monoisotopic (exact) mass is 383 g/mol. The molecule has 7 heteroatoms. The van der Waals surface area contributed by atoms with Gasteiger partial charge in [0, 0.05) is 28.3 Å². The quantitative estimate of drug-likeness (QED) is 0.412. The first kappa shape index (κ1) is 16.6. The lowest BCUT2D eigenvalue weighted by atomic mass is 10.2. The predicted octanol–water partition coefficient (Wildman–Crippen LogP) is 4.67. The summed E-state index contributed by atoms with van der Waals surface area (Å²) < 4.78 is 11.5. The Labute approximate surface area is 140 Å². The van der Waals surface area contributed by atoms with Crippen LogP contribution in [0.1, 0.15) is 5.56 Å². The normalized spacial score (nSPS) is 10.3. The number of nitrogens with zero attached hydrogens (tertiary/aromatic N) is 1. The zero-order chi connectivity index (χ0) is 16.1. The molecule has 0 saturated carbocycles. The Kier molecular flexibility index (Phi) is 5.68. The lowest BCUT2D eigenvalue weighted by Gasteiger charge is -2.12. The Morgan fingerprint density at radius 3 is 2.32 bits per heavy atom. The third kappa shape index (κ3) is 3.92. The van der Waals surface area contributed by atoms with E-state index in [1.54, 1.807) is 38.1 Å². The summed E-state index contributed by atoms with van der Waals surface area (Å²) in [5.74, 6) is 2.17. The molecule has 116 valence electrons. The molecular weight excluding hydrogens is 370 g/mol. The predicted molar refractivity (Wildman–Crippen MR) is 89.9 cm³/mol. The average Bonchev–Trinajstić information content (AvgIpc) is 2.53. The highest BCUT2D eigenvalue weighted by Crippen LogP contribution is 2.36. The van der Waals surface area contributed by atoms with E-state index < -0.39 is 4.92 Å². The topological polar surface area (TPSA) is 61.6 Å². The summed E-state index contributed by atoms with van der Waals surface area (Å²) in [7, 11) is 3.23. The minimum Gasteiger partial charge on any atom is -0.496 e. The van der Waals surface area contributed by atoms with Gasteiger partial charge in [0.15, 0.2) is 0 Å². The highest BCUT2D eigenvalue weighted by atomic mass is 79.9. The number of non-ortho nitro benzene ring substituents is 1. The highest BCUT2D eigenvalue weighted by Gasteiger charge is 2.11. The maximum absolute atomic E-state index is 10.6. The molecule has 0 aliphatic rings.